The van der Waals surface area contributed by atoms with Gasteiger partial charge in [0.2, 0.25) is 5.82 Å². The molecule has 0 aliphatic rings. The summed E-state index contributed by atoms with van der Waals surface area (Å²) >= 11 is 0. The maximum atomic E-state index is 11.2. The average Bonchev–Trinajstić information content (AvgIpc) is 2.30. The fourth-order valence-electron chi connectivity index (χ4n) is 1.20. The molecular weight excluding hydrogens is 224 g/mol. The second-order valence-corrected chi connectivity index (χ2v) is 3.60. The van der Waals surface area contributed by atoms with E-state index in [9.17, 15) is 9.59 Å². The van der Waals surface area contributed by atoms with Gasteiger partial charge in [-0.3, -0.25) is 9.78 Å². The first-order valence-electron chi connectivity index (χ1n) is 5.74. The monoisotopic (exact) mass is 242 g/mol. The van der Waals surface area contributed by atoms with Gasteiger partial charge in [0.05, 0.1) is 0 Å². The van der Waals surface area contributed by atoms with Crippen molar-refractivity contribution >= 4 is 5.82 Å². The Morgan fingerprint density at radius 2 is 2.06 bits per heavy atom. The molecule has 1 aromatic rings. The summed E-state index contributed by atoms with van der Waals surface area (Å²) in [6.45, 7) is 4.11. The van der Waals surface area contributed by atoms with Crippen LogP contribution in [0.4, 0.5) is 5.82 Å². The largest absolute Gasteiger partial charge is 0.381 e. The number of nitrogens with zero attached hydrogens (tertiary/aromatic N) is 1. The van der Waals surface area contributed by atoms with Gasteiger partial charge >= 0.3 is 5.69 Å². The van der Waals surface area contributed by atoms with Gasteiger partial charge in [-0.2, -0.15) is 0 Å². The Balaban J connectivity index is 2.18. The SMILES string of the molecule is CCCCOCCCNc1n[nH]c(=O)[nH]c1=O. The van der Waals surface area contributed by atoms with Gasteiger partial charge in [0.1, 0.15) is 0 Å². The highest BCUT2D eigenvalue weighted by Gasteiger charge is 2.00. The highest BCUT2D eigenvalue weighted by molar-refractivity contribution is 5.28. The Labute approximate surface area is 98.6 Å². The zero-order valence-electron chi connectivity index (χ0n) is 9.91. The molecule has 1 heterocycles. The molecule has 1 aromatic heterocycles. The molecule has 1 rings (SSSR count). The minimum absolute atomic E-state index is 0.123. The predicted molar refractivity (Wildman–Crippen MR) is 64.3 cm³/mol. The zero-order valence-corrected chi connectivity index (χ0v) is 9.91. The molecule has 0 aliphatic heterocycles. The Hall–Kier alpha value is -1.63. The minimum Gasteiger partial charge on any atom is -0.381 e. The zero-order chi connectivity index (χ0) is 12.5. The van der Waals surface area contributed by atoms with Crippen LogP contribution in [0.1, 0.15) is 26.2 Å². The smallest absolute Gasteiger partial charge is 0.342 e. The van der Waals surface area contributed by atoms with Crippen molar-refractivity contribution in [2.45, 2.75) is 26.2 Å². The van der Waals surface area contributed by atoms with Gasteiger partial charge in [0.25, 0.3) is 5.56 Å². The lowest BCUT2D eigenvalue weighted by Gasteiger charge is -2.04. The van der Waals surface area contributed by atoms with Crippen LogP contribution in [0, 0.1) is 0 Å². The lowest BCUT2D eigenvalue weighted by atomic mass is 10.4. The molecule has 0 amide bonds. The molecule has 0 aromatic carbocycles. The van der Waals surface area contributed by atoms with Crippen LogP contribution >= 0.6 is 0 Å². The molecule has 0 radical (unpaired) electrons. The first-order valence-corrected chi connectivity index (χ1v) is 5.74. The summed E-state index contributed by atoms with van der Waals surface area (Å²) in [6.07, 6.45) is 2.97. The van der Waals surface area contributed by atoms with Crippen LogP contribution in [0.2, 0.25) is 0 Å². The van der Waals surface area contributed by atoms with E-state index >= 15 is 0 Å². The fourth-order valence-corrected chi connectivity index (χ4v) is 1.20. The van der Waals surface area contributed by atoms with E-state index in [1.54, 1.807) is 0 Å². The van der Waals surface area contributed by atoms with Gasteiger partial charge in [-0.05, 0) is 12.8 Å². The number of unbranched alkanes of at least 4 members (excludes halogenated alkanes) is 1. The first kappa shape index (κ1) is 13.4. The van der Waals surface area contributed by atoms with Crippen LogP contribution in [0.5, 0.6) is 0 Å². The number of nitrogens with one attached hydrogen (secondary N) is 3. The van der Waals surface area contributed by atoms with Crippen LogP contribution < -0.4 is 16.6 Å². The molecule has 7 heteroatoms. The average molecular weight is 242 g/mol. The van der Waals surface area contributed by atoms with Gasteiger partial charge in [-0.25, -0.2) is 9.89 Å². The van der Waals surface area contributed by atoms with Crippen molar-refractivity contribution in [3.63, 3.8) is 0 Å². The number of aromatic nitrogens is 3. The summed E-state index contributed by atoms with van der Waals surface area (Å²) in [5.41, 5.74) is -1.12. The molecule has 0 fully saturated rings. The molecule has 0 bridgehead atoms. The summed E-state index contributed by atoms with van der Waals surface area (Å²) in [4.78, 5) is 24.0. The van der Waals surface area contributed by atoms with E-state index in [-0.39, 0.29) is 5.82 Å². The standard InChI is InChI=1S/C10H18N4O3/c1-2-3-6-17-7-4-5-11-8-9(15)12-10(16)14-13-8/h2-7H2,1H3,(H,11,13)(H2,12,14,15,16). The lowest BCUT2D eigenvalue weighted by Crippen LogP contribution is -2.27. The Bertz CT molecular complexity index is 426. The van der Waals surface area contributed by atoms with Gasteiger partial charge in [-0.15, -0.1) is 5.10 Å². The van der Waals surface area contributed by atoms with Crippen molar-refractivity contribution < 1.29 is 4.74 Å². The Kier molecular flexibility index (Phi) is 6.02. The number of ether oxygens (including phenoxy) is 1. The van der Waals surface area contributed by atoms with E-state index in [1.807, 2.05) is 0 Å². The topological polar surface area (TPSA) is 99.9 Å². The van der Waals surface area contributed by atoms with Crippen molar-refractivity contribution in [1.29, 1.82) is 0 Å². The van der Waals surface area contributed by atoms with E-state index in [0.717, 1.165) is 25.9 Å². The van der Waals surface area contributed by atoms with E-state index in [2.05, 4.69) is 27.4 Å². The van der Waals surface area contributed by atoms with Gasteiger partial charge in [0.15, 0.2) is 0 Å². The second-order valence-electron chi connectivity index (χ2n) is 3.60. The molecule has 7 nitrogen and oxygen atoms in total. The van der Waals surface area contributed by atoms with Crippen molar-refractivity contribution in [3.05, 3.63) is 20.8 Å². The number of hydrogen-bond acceptors (Lipinski definition) is 5. The van der Waals surface area contributed by atoms with Gasteiger partial charge < -0.3 is 10.1 Å². The number of hydrogen-bond donors (Lipinski definition) is 3. The van der Waals surface area contributed by atoms with Crippen molar-refractivity contribution in [2.75, 3.05) is 25.1 Å². The highest BCUT2D eigenvalue weighted by Crippen LogP contribution is 1.91. The highest BCUT2D eigenvalue weighted by atomic mass is 16.5. The number of H-pyrrole nitrogens is 2. The third-order valence-corrected chi connectivity index (χ3v) is 2.11. The van der Waals surface area contributed by atoms with E-state index < -0.39 is 11.2 Å². The van der Waals surface area contributed by atoms with Crippen LogP contribution in [0.15, 0.2) is 9.59 Å². The number of aromatic amines is 2. The molecule has 96 valence electrons. The summed E-state index contributed by atoms with van der Waals surface area (Å²) in [5.74, 6) is 0.123. The molecular formula is C10H18N4O3. The number of rotatable bonds is 8. The van der Waals surface area contributed by atoms with Crippen LogP contribution in [0.25, 0.3) is 0 Å². The van der Waals surface area contributed by atoms with Crippen molar-refractivity contribution in [1.82, 2.24) is 15.2 Å². The predicted octanol–water partition coefficient (Wildman–Crippen LogP) is 0.0769. The Morgan fingerprint density at radius 1 is 1.29 bits per heavy atom. The van der Waals surface area contributed by atoms with Crippen molar-refractivity contribution in [2.24, 2.45) is 0 Å². The Morgan fingerprint density at radius 3 is 2.76 bits per heavy atom. The minimum atomic E-state index is -0.608. The summed E-state index contributed by atoms with van der Waals surface area (Å²) in [6, 6.07) is 0. The molecule has 0 atom stereocenters. The van der Waals surface area contributed by atoms with Crippen LogP contribution in [-0.4, -0.2) is 34.9 Å². The van der Waals surface area contributed by atoms with E-state index in [0.29, 0.717) is 13.2 Å². The van der Waals surface area contributed by atoms with E-state index in [4.69, 9.17) is 4.74 Å². The molecule has 0 aliphatic carbocycles. The summed E-state index contributed by atoms with van der Waals surface area (Å²) in [5, 5.41) is 8.57. The van der Waals surface area contributed by atoms with Crippen LogP contribution in [-0.2, 0) is 4.74 Å². The summed E-state index contributed by atoms with van der Waals surface area (Å²) in [7, 11) is 0. The molecule has 17 heavy (non-hydrogen) atoms. The van der Waals surface area contributed by atoms with Gasteiger partial charge in [0, 0.05) is 19.8 Å². The lowest BCUT2D eigenvalue weighted by molar-refractivity contribution is 0.131. The quantitative estimate of drug-likeness (QED) is 0.560. The number of anilines is 1. The normalized spacial score (nSPS) is 10.4. The summed E-state index contributed by atoms with van der Waals surface area (Å²) < 4.78 is 5.36. The van der Waals surface area contributed by atoms with Gasteiger partial charge in [-0.1, -0.05) is 13.3 Å². The maximum absolute atomic E-state index is 11.2. The molecule has 0 saturated heterocycles. The fraction of sp³-hybridized carbons (Fsp3) is 0.700. The molecule has 0 saturated carbocycles. The maximum Gasteiger partial charge on any atom is 0.342 e. The van der Waals surface area contributed by atoms with Crippen molar-refractivity contribution in [3.8, 4) is 0 Å². The molecule has 0 spiro atoms. The first-order chi connectivity index (χ1) is 8.24. The second kappa shape index (κ2) is 7.61. The van der Waals surface area contributed by atoms with Crippen LogP contribution in [0.3, 0.4) is 0 Å². The molecule has 3 N–H and O–H groups in total. The third-order valence-electron chi connectivity index (χ3n) is 2.11. The third kappa shape index (κ3) is 5.30. The van der Waals surface area contributed by atoms with E-state index in [1.165, 1.54) is 0 Å². The molecule has 0 unspecified atom stereocenters.